The third-order valence-corrected chi connectivity index (χ3v) is 4.82. The van der Waals surface area contributed by atoms with Gasteiger partial charge in [0.25, 0.3) is 5.91 Å². The molecule has 2 heterocycles. The van der Waals surface area contributed by atoms with Crippen molar-refractivity contribution in [3.05, 3.63) is 71.3 Å². The molecule has 2 aromatic carbocycles. The summed E-state index contributed by atoms with van der Waals surface area (Å²) in [6.07, 6.45) is -0.946. The highest BCUT2D eigenvalue weighted by molar-refractivity contribution is 6.00. The Bertz CT molecular complexity index is 771. The number of hydrogen-bond acceptors (Lipinski definition) is 3. The summed E-state index contributed by atoms with van der Waals surface area (Å²) < 4.78 is 6.15. The molecule has 118 valence electrons. The summed E-state index contributed by atoms with van der Waals surface area (Å²) in [5.41, 5.74) is 0.451. The fraction of sp³-hybridized carbons (Fsp3) is 0.316. The van der Waals surface area contributed by atoms with E-state index in [1.807, 2.05) is 62.4 Å². The number of benzene rings is 2. The monoisotopic (exact) mass is 309 g/mol. The van der Waals surface area contributed by atoms with Gasteiger partial charge in [-0.1, -0.05) is 48.5 Å². The Morgan fingerprint density at radius 3 is 2.48 bits per heavy atom. The summed E-state index contributed by atoms with van der Waals surface area (Å²) in [4.78, 5) is 14.7. The molecule has 4 rings (SSSR count). The Hall–Kier alpha value is -2.17. The van der Waals surface area contributed by atoms with Gasteiger partial charge in [-0.05, 0) is 25.5 Å². The lowest BCUT2D eigenvalue weighted by molar-refractivity contribution is -0.153. The zero-order chi connectivity index (χ0) is 16.2. The lowest BCUT2D eigenvalue weighted by atomic mass is 9.91. The second-order valence-corrected chi connectivity index (χ2v) is 6.80. The van der Waals surface area contributed by atoms with Crippen LogP contribution in [-0.2, 0) is 10.5 Å². The first kappa shape index (κ1) is 14.4. The molecule has 0 radical (unpaired) electrons. The van der Waals surface area contributed by atoms with Crippen LogP contribution in [0, 0.1) is 0 Å². The summed E-state index contributed by atoms with van der Waals surface area (Å²) in [5, 5.41) is 11.2. The topological polar surface area (TPSA) is 49.8 Å². The Balaban J connectivity index is 1.95. The summed E-state index contributed by atoms with van der Waals surface area (Å²) in [5.74, 6) is -0.0851. The van der Waals surface area contributed by atoms with Crippen molar-refractivity contribution in [2.24, 2.45) is 0 Å². The van der Waals surface area contributed by atoms with E-state index in [-0.39, 0.29) is 5.91 Å². The third-order valence-electron chi connectivity index (χ3n) is 4.82. The van der Waals surface area contributed by atoms with Crippen molar-refractivity contribution in [1.29, 1.82) is 0 Å². The molecule has 2 aromatic rings. The lowest BCUT2D eigenvalue weighted by Crippen LogP contribution is -2.51. The van der Waals surface area contributed by atoms with E-state index >= 15 is 0 Å². The number of nitrogens with zero attached hydrogens (tertiary/aromatic N) is 1. The second-order valence-electron chi connectivity index (χ2n) is 6.80. The predicted octanol–water partition coefficient (Wildman–Crippen LogP) is 2.84. The number of aliphatic hydroxyl groups is 1. The fourth-order valence-corrected chi connectivity index (χ4v) is 3.80. The Kier molecular flexibility index (Phi) is 2.92. The minimum atomic E-state index is -1.15. The molecule has 0 saturated carbocycles. The summed E-state index contributed by atoms with van der Waals surface area (Å²) >= 11 is 0. The summed E-state index contributed by atoms with van der Waals surface area (Å²) in [6.45, 7) is 4.32. The van der Waals surface area contributed by atoms with Gasteiger partial charge in [0, 0.05) is 11.1 Å². The highest BCUT2D eigenvalue weighted by atomic mass is 16.5. The van der Waals surface area contributed by atoms with Gasteiger partial charge >= 0.3 is 0 Å². The van der Waals surface area contributed by atoms with Crippen LogP contribution in [0.3, 0.4) is 0 Å². The van der Waals surface area contributed by atoms with Crippen LogP contribution in [0.5, 0.6) is 0 Å². The molecule has 0 spiro atoms. The molecule has 0 aliphatic carbocycles. The molecule has 1 amide bonds. The van der Waals surface area contributed by atoms with Crippen molar-refractivity contribution < 1.29 is 14.6 Å². The minimum Gasteiger partial charge on any atom is -0.383 e. The normalized spacial score (nSPS) is 26.0. The number of hydrogen-bond donors (Lipinski definition) is 1. The van der Waals surface area contributed by atoms with E-state index in [4.69, 9.17) is 4.74 Å². The molecule has 2 aliphatic heterocycles. The van der Waals surface area contributed by atoms with Gasteiger partial charge in [0.15, 0.2) is 0 Å². The fourth-order valence-electron chi connectivity index (χ4n) is 3.80. The largest absolute Gasteiger partial charge is 0.383 e. The van der Waals surface area contributed by atoms with Crippen molar-refractivity contribution in [2.45, 2.75) is 31.2 Å². The van der Waals surface area contributed by atoms with Crippen LogP contribution in [0.25, 0.3) is 0 Å². The maximum Gasteiger partial charge on any atom is 0.257 e. The van der Waals surface area contributed by atoms with Gasteiger partial charge in [-0.25, -0.2) is 0 Å². The predicted molar refractivity (Wildman–Crippen MR) is 85.7 cm³/mol. The second kappa shape index (κ2) is 4.66. The first-order valence-corrected chi connectivity index (χ1v) is 7.79. The lowest BCUT2D eigenvalue weighted by Gasteiger charge is -2.40. The average Bonchev–Trinajstić information content (AvgIpc) is 3.01. The molecule has 2 aliphatic rings. The quantitative estimate of drug-likeness (QED) is 0.928. The SMILES string of the molecule is CC1(C)COC2(C(O)c3ccccc3)c3ccccc3C(=O)N12. The van der Waals surface area contributed by atoms with E-state index in [0.717, 1.165) is 11.1 Å². The number of rotatable bonds is 2. The molecule has 1 saturated heterocycles. The zero-order valence-electron chi connectivity index (χ0n) is 13.2. The van der Waals surface area contributed by atoms with E-state index in [1.165, 1.54) is 0 Å². The Morgan fingerprint density at radius 2 is 1.74 bits per heavy atom. The molecular weight excluding hydrogens is 290 g/mol. The molecule has 1 fully saturated rings. The van der Waals surface area contributed by atoms with E-state index in [2.05, 4.69) is 0 Å². The van der Waals surface area contributed by atoms with Gasteiger partial charge in [0.2, 0.25) is 5.72 Å². The molecule has 2 atom stereocenters. The minimum absolute atomic E-state index is 0.0851. The van der Waals surface area contributed by atoms with Crippen molar-refractivity contribution in [3.8, 4) is 0 Å². The van der Waals surface area contributed by atoms with Gasteiger partial charge < -0.3 is 9.84 Å². The highest BCUT2D eigenvalue weighted by Crippen LogP contribution is 2.55. The number of fused-ring (bicyclic) bond motifs is 3. The first-order chi connectivity index (χ1) is 11.0. The molecule has 4 heteroatoms. The van der Waals surface area contributed by atoms with Crippen LogP contribution in [0.4, 0.5) is 0 Å². The molecule has 4 nitrogen and oxygen atoms in total. The maximum absolute atomic E-state index is 13.0. The van der Waals surface area contributed by atoms with Gasteiger partial charge in [0.1, 0.15) is 6.10 Å². The average molecular weight is 309 g/mol. The van der Waals surface area contributed by atoms with E-state index < -0.39 is 17.4 Å². The van der Waals surface area contributed by atoms with Crippen molar-refractivity contribution >= 4 is 5.91 Å². The van der Waals surface area contributed by atoms with E-state index in [0.29, 0.717) is 12.2 Å². The molecule has 23 heavy (non-hydrogen) atoms. The molecule has 0 aromatic heterocycles. The Morgan fingerprint density at radius 1 is 1.09 bits per heavy atom. The number of ether oxygens (including phenoxy) is 1. The maximum atomic E-state index is 13.0. The molecular formula is C19H19NO3. The molecule has 2 unspecified atom stereocenters. The Labute approximate surface area is 135 Å². The number of carbonyl (C=O) groups excluding carboxylic acids is 1. The van der Waals surface area contributed by atoms with Gasteiger partial charge in [-0.2, -0.15) is 0 Å². The third kappa shape index (κ3) is 1.76. The van der Waals surface area contributed by atoms with Crippen LogP contribution in [-0.4, -0.2) is 28.1 Å². The van der Waals surface area contributed by atoms with Crippen LogP contribution in [0.15, 0.2) is 54.6 Å². The van der Waals surface area contributed by atoms with Crippen LogP contribution in [0.1, 0.15) is 41.4 Å². The molecule has 0 bridgehead atoms. The smallest absolute Gasteiger partial charge is 0.257 e. The van der Waals surface area contributed by atoms with E-state index in [1.54, 1.807) is 11.0 Å². The first-order valence-electron chi connectivity index (χ1n) is 7.79. The highest BCUT2D eigenvalue weighted by Gasteiger charge is 2.64. The van der Waals surface area contributed by atoms with Gasteiger partial charge in [-0.15, -0.1) is 0 Å². The van der Waals surface area contributed by atoms with Crippen LogP contribution < -0.4 is 0 Å². The summed E-state index contributed by atoms with van der Waals surface area (Å²) in [6, 6.07) is 16.8. The van der Waals surface area contributed by atoms with Gasteiger partial charge in [-0.3, -0.25) is 9.69 Å². The zero-order valence-corrected chi connectivity index (χ0v) is 13.2. The van der Waals surface area contributed by atoms with Crippen LogP contribution in [0.2, 0.25) is 0 Å². The standard InChI is InChI=1S/C19H19NO3/c1-18(2)12-23-19(16(21)13-8-4-3-5-9-13)15-11-7-6-10-14(15)17(22)20(18)19/h3-11,16,21H,12H2,1-2H3. The number of amides is 1. The molecule has 1 N–H and O–H groups in total. The number of aliphatic hydroxyl groups excluding tert-OH is 1. The number of carbonyl (C=O) groups is 1. The van der Waals surface area contributed by atoms with Crippen molar-refractivity contribution in [1.82, 2.24) is 4.90 Å². The van der Waals surface area contributed by atoms with Crippen molar-refractivity contribution in [3.63, 3.8) is 0 Å². The van der Waals surface area contributed by atoms with E-state index in [9.17, 15) is 9.90 Å². The van der Waals surface area contributed by atoms with Crippen LogP contribution >= 0.6 is 0 Å². The summed E-state index contributed by atoms with van der Waals surface area (Å²) in [7, 11) is 0. The van der Waals surface area contributed by atoms with Crippen molar-refractivity contribution in [2.75, 3.05) is 6.61 Å². The van der Waals surface area contributed by atoms with Gasteiger partial charge in [0.05, 0.1) is 12.1 Å².